The zero-order chi connectivity index (χ0) is 28.0. The van der Waals surface area contributed by atoms with Crippen LogP contribution >= 0.6 is 0 Å². The number of hydrogen-bond donors (Lipinski definition) is 1. The van der Waals surface area contributed by atoms with E-state index in [2.05, 4.69) is 24.5 Å². The second kappa shape index (κ2) is 9.57. The van der Waals surface area contributed by atoms with E-state index >= 15 is 0 Å². The number of esters is 1. The summed E-state index contributed by atoms with van der Waals surface area (Å²) in [6.45, 7) is 3.66. The highest BCUT2D eigenvalue weighted by Crippen LogP contribution is 2.58. The van der Waals surface area contributed by atoms with E-state index in [1.54, 1.807) is 6.92 Å². The number of halogens is 5. The fraction of sp³-hybridized carbons (Fsp3) is 0.458. The maximum absolute atomic E-state index is 14.2. The summed E-state index contributed by atoms with van der Waals surface area (Å²) in [5, 5.41) is 2.40. The van der Waals surface area contributed by atoms with Crippen molar-refractivity contribution in [2.75, 3.05) is 19.0 Å². The molecule has 206 valence electrons. The van der Waals surface area contributed by atoms with Gasteiger partial charge in [-0.3, -0.25) is 4.79 Å². The quantitative estimate of drug-likeness (QED) is 0.412. The van der Waals surface area contributed by atoms with E-state index in [4.69, 9.17) is 9.47 Å². The van der Waals surface area contributed by atoms with Crippen molar-refractivity contribution in [1.29, 1.82) is 0 Å². The van der Waals surface area contributed by atoms with Gasteiger partial charge in [-0.1, -0.05) is 13.0 Å². The van der Waals surface area contributed by atoms with Gasteiger partial charge in [0, 0.05) is 29.3 Å². The van der Waals surface area contributed by atoms with Gasteiger partial charge in [-0.15, -0.1) is 8.78 Å². The van der Waals surface area contributed by atoms with Gasteiger partial charge in [0.1, 0.15) is 11.8 Å². The number of amides is 1. The molecular formula is C24H23F5N2O7. The van der Waals surface area contributed by atoms with Crippen LogP contribution in [0.3, 0.4) is 0 Å². The number of nitrogens with one attached hydrogen (secondary N) is 1. The Bertz CT molecular complexity index is 1260. The number of fused-ring (bicyclic) bond motifs is 1. The Kier molecular flexibility index (Phi) is 6.89. The lowest BCUT2D eigenvalue weighted by Crippen LogP contribution is -2.47. The Morgan fingerprint density at radius 1 is 1.16 bits per heavy atom. The lowest BCUT2D eigenvalue weighted by atomic mass is 9.77. The molecule has 4 atom stereocenters. The van der Waals surface area contributed by atoms with Crippen LogP contribution in [0.4, 0.5) is 27.6 Å². The van der Waals surface area contributed by atoms with Gasteiger partial charge in [0.05, 0.1) is 13.7 Å². The lowest BCUT2D eigenvalue weighted by Gasteiger charge is -2.31. The van der Waals surface area contributed by atoms with Gasteiger partial charge >= 0.3 is 18.4 Å². The summed E-state index contributed by atoms with van der Waals surface area (Å²) < 4.78 is 95.2. The first-order valence-electron chi connectivity index (χ1n) is 11.4. The van der Waals surface area contributed by atoms with Crippen molar-refractivity contribution in [3.05, 3.63) is 41.7 Å². The second-order valence-electron chi connectivity index (χ2n) is 8.78. The maximum atomic E-state index is 14.2. The van der Waals surface area contributed by atoms with E-state index < -0.39 is 59.4 Å². The van der Waals surface area contributed by atoms with Crippen LogP contribution < -0.4 is 19.5 Å². The lowest BCUT2D eigenvalue weighted by molar-refractivity contribution is -0.287. The molecule has 0 aliphatic carbocycles. The summed E-state index contributed by atoms with van der Waals surface area (Å²) in [7, 11) is 1.12. The van der Waals surface area contributed by atoms with Crippen molar-refractivity contribution < 1.29 is 55.2 Å². The Hall–Kier alpha value is -3.68. The normalized spacial score (nSPS) is 25.7. The molecule has 2 aliphatic heterocycles. The van der Waals surface area contributed by atoms with E-state index in [0.717, 1.165) is 20.1 Å². The fourth-order valence-electron chi connectivity index (χ4n) is 4.51. The van der Waals surface area contributed by atoms with Crippen molar-refractivity contribution >= 4 is 17.6 Å². The molecule has 1 N–H and O–H groups in total. The molecule has 4 rings (SSSR count). The van der Waals surface area contributed by atoms with Crippen LogP contribution in [-0.4, -0.2) is 54.8 Å². The van der Waals surface area contributed by atoms with Crippen LogP contribution in [0.5, 0.6) is 17.2 Å². The molecular weight excluding hydrogens is 523 g/mol. The Morgan fingerprint density at radius 2 is 1.84 bits per heavy atom. The van der Waals surface area contributed by atoms with Gasteiger partial charge in [0.15, 0.2) is 17.1 Å². The monoisotopic (exact) mass is 546 g/mol. The number of pyridine rings is 1. The number of nitrogens with zero attached hydrogens (tertiary/aromatic N) is 1. The molecule has 1 aromatic carbocycles. The Balaban J connectivity index is 1.77. The van der Waals surface area contributed by atoms with Crippen LogP contribution in [0.1, 0.15) is 42.7 Å². The van der Waals surface area contributed by atoms with E-state index in [0.29, 0.717) is 0 Å². The molecule has 0 bridgehead atoms. The van der Waals surface area contributed by atoms with E-state index in [-0.39, 0.29) is 29.3 Å². The number of methoxy groups -OCH3 is 1. The number of rotatable bonds is 6. The molecule has 0 spiro atoms. The number of benzene rings is 1. The second-order valence-corrected chi connectivity index (χ2v) is 8.78. The van der Waals surface area contributed by atoms with Crippen molar-refractivity contribution in [2.45, 2.75) is 50.9 Å². The van der Waals surface area contributed by atoms with E-state index in [1.165, 1.54) is 31.3 Å². The third kappa shape index (κ3) is 4.68. The summed E-state index contributed by atoms with van der Waals surface area (Å²) in [4.78, 5) is 28.9. The first-order valence-corrected chi connectivity index (χ1v) is 11.4. The Labute approximate surface area is 213 Å². The van der Waals surface area contributed by atoms with Crippen molar-refractivity contribution in [1.82, 2.24) is 4.98 Å². The molecule has 0 radical (unpaired) electrons. The molecule has 9 nitrogen and oxygen atoms in total. The van der Waals surface area contributed by atoms with Crippen molar-refractivity contribution in [3.63, 3.8) is 0 Å². The average molecular weight is 546 g/mol. The molecule has 1 saturated heterocycles. The number of carbonyl (C=O) groups is 2. The van der Waals surface area contributed by atoms with Gasteiger partial charge in [0.2, 0.25) is 5.75 Å². The molecule has 0 unspecified atom stereocenters. The first kappa shape index (κ1) is 27.4. The molecule has 0 saturated carbocycles. The van der Waals surface area contributed by atoms with Crippen LogP contribution in [0, 0.1) is 5.92 Å². The minimum Gasteiger partial charge on any atom is -0.490 e. The minimum atomic E-state index is -4.93. The van der Waals surface area contributed by atoms with Gasteiger partial charge in [-0.25, -0.2) is 9.78 Å². The summed E-state index contributed by atoms with van der Waals surface area (Å²) >= 11 is 0. The minimum absolute atomic E-state index is 0.0176. The molecule has 38 heavy (non-hydrogen) atoms. The highest BCUT2D eigenvalue weighted by Gasteiger charge is 2.66. The Morgan fingerprint density at radius 3 is 2.47 bits per heavy atom. The standard InChI is InChI=1S/C24H23F5N2O7/c1-5-35-15-7-6-13(17-18(15)38-24(28,29)37-17)16-11(2)22(3,23(25,26)27)36-19(16)20(32)31-12-8-9-30-14(10-12)21(33)34-4/h6-11,16,19H,5H2,1-4H3,(H,30,31,32)/t11-,16-,19+,22+/m0/s1. The number of hydrogen-bond acceptors (Lipinski definition) is 8. The molecule has 1 fully saturated rings. The summed E-state index contributed by atoms with van der Waals surface area (Å²) in [6.07, 6.45) is -9.67. The summed E-state index contributed by atoms with van der Waals surface area (Å²) in [5.74, 6) is -5.85. The molecule has 1 aromatic heterocycles. The van der Waals surface area contributed by atoms with Gasteiger partial charge in [-0.2, -0.15) is 13.2 Å². The highest BCUT2D eigenvalue weighted by atomic mass is 19.4. The molecule has 14 heteroatoms. The van der Waals surface area contributed by atoms with Crippen molar-refractivity contribution in [2.24, 2.45) is 5.92 Å². The van der Waals surface area contributed by atoms with Crippen molar-refractivity contribution in [3.8, 4) is 17.2 Å². The molecule has 1 amide bonds. The topological polar surface area (TPSA) is 105 Å². The molecule has 3 heterocycles. The zero-order valence-corrected chi connectivity index (χ0v) is 20.5. The fourth-order valence-corrected chi connectivity index (χ4v) is 4.51. The van der Waals surface area contributed by atoms with Gasteiger partial charge in [-0.05, 0) is 32.0 Å². The number of anilines is 1. The van der Waals surface area contributed by atoms with E-state index in [1.807, 2.05) is 0 Å². The molecule has 2 aromatic rings. The third-order valence-electron chi connectivity index (χ3n) is 6.56. The zero-order valence-electron chi connectivity index (χ0n) is 20.5. The number of alkyl halides is 5. The number of carbonyl (C=O) groups excluding carboxylic acids is 2. The van der Waals surface area contributed by atoms with Crippen LogP contribution in [0.25, 0.3) is 0 Å². The smallest absolute Gasteiger partial charge is 0.490 e. The highest BCUT2D eigenvalue weighted by molar-refractivity contribution is 5.96. The maximum Gasteiger partial charge on any atom is 0.586 e. The predicted octanol–water partition coefficient (Wildman–Crippen LogP) is 4.67. The summed E-state index contributed by atoms with van der Waals surface area (Å²) in [5.41, 5.74) is -3.14. The van der Waals surface area contributed by atoms with E-state index in [9.17, 15) is 31.5 Å². The number of aromatic nitrogens is 1. The van der Waals surface area contributed by atoms with Gasteiger partial charge in [0.25, 0.3) is 5.91 Å². The van der Waals surface area contributed by atoms with Crippen LogP contribution in [-0.2, 0) is 14.3 Å². The van der Waals surface area contributed by atoms with Crippen LogP contribution in [0.15, 0.2) is 30.5 Å². The largest absolute Gasteiger partial charge is 0.586 e. The van der Waals surface area contributed by atoms with Crippen LogP contribution in [0.2, 0.25) is 0 Å². The number of ether oxygens (including phenoxy) is 5. The third-order valence-corrected chi connectivity index (χ3v) is 6.56. The first-order chi connectivity index (χ1) is 17.7. The summed E-state index contributed by atoms with van der Waals surface area (Å²) in [6, 6.07) is 4.95. The predicted molar refractivity (Wildman–Crippen MR) is 119 cm³/mol. The molecule has 2 aliphatic rings. The van der Waals surface area contributed by atoms with Gasteiger partial charge < -0.3 is 29.0 Å². The SMILES string of the molecule is CCOc1ccc([C@H]2[C@H](C(=O)Nc3ccnc(C(=O)OC)c3)O[C@@](C)(C(F)(F)F)[C@H]2C)c2c1OC(F)(F)O2. The average Bonchev–Trinajstić information content (AvgIpc) is 3.32.